The number of halogens is 4. The van der Waals surface area contributed by atoms with Crippen molar-refractivity contribution in [2.75, 3.05) is 5.32 Å². The third-order valence-electron chi connectivity index (χ3n) is 2.48. The average Bonchev–Trinajstić information content (AvgIpc) is 2.72. The van der Waals surface area contributed by atoms with Crippen LogP contribution >= 0.6 is 0 Å². The lowest BCUT2D eigenvalue weighted by molar-refractivity contribution is -0.139. The highest BCUT2D eigenvalue weighted by atomic mass is 19.4. The van der Waals surface area contributed by atoms with Crippen LogP contribution in [0.1, 0.15) is 17.0 Å². The first kappa shape index (κ1) is 13.3. The lowest BCUT2D eigenvalue weighted by Gasteiger charge is -2.11. The Kier molecular flexibility index (Phi) is 3.41. The summed E-state index contributed by atoms with van der Waals surface area (Å²) < 4.78 is 55.0. The van der Waals surface area contributed by atoms with Crippen molar-refractivity contribution in [3.05, 3.63) is 41.0 Å². The molecule has 0 unspecified atom stereocenters. The zero-order valence-electron chi connectivity index (χ0n) is 9.75. The first-order valence-electron chi connectivity index (χ1n) is 5.26. The van der Waals surface area contributed by atoms with Gasteiger partial charge in [-0.1, -0.05) is 10.3 Å². The number of nitrogens with zero attached hydrogens (tertiary/aromatic N) is 2. The monoisotopic (exact) mass is 275 g/mol. The van der Waals surface area contributed by atoms with Gasteiger partial charge >= 0.3 is 6.18 Å². The van der Waals surface area contributed by atoms with E-state index in [1.165, 1.54) is 6.07 Å². The van der Waals surface area contributed by atoms with E-state index in [2.05, 4.69) is 20.3 Å². The second-order valence-electron chi connectivity index (χ2n) is 3.84. The Morgan fingerprint density at radius 1 is 1.26 bits per heavy atom. The van der Waals surface area contributed by atoms with Crippen LogP contribution in [-0.2, 0) is 12.7 Å². The SMILES string of the molecule is Cc1nonc1CNc1ccc(F)c(C(F)(F)F)c1. The second-order valence-corrected chi connectivity index (χ2v) is 3.84. The van der Waals surface area contributed by atoms with E-state index < -0.39 is 17.6 Å². The molecule has 0 aliphatic heterocycles. The highest BCUT2D eigenvalue weighted by molar-refractivity contribution is 5.47. The van der Waals surface area contributed by atoms with E-state index in [1.807, 2.05) is 0 Å². The van der Waals surface area contributed by atoms with Gasteiger partial charge in [-0.25, -0.2) is 9.02 Å². The predicted molar refractivity (Wildman–Crippen MR) is 57.8 cm³/mol. The van der Waals surface area contributed by atoms with Gasteiger partial charge in [0, 0.05) is 5.69 Å². The highest BCUT2D eigenvalue weighted by Gasteiger charge is 2.34. The van der Waals surface area contributed by atoms with Crippen LogP contribution in [0.5, 0.6) is 0 Å². The molecule has 0 saturated carbocycles. The highest BCUT2D eigenvalue weighted by Crippen LogP contribution is 2.33. The summed E-state index contributed by atoms with van der Waals surface area (Å²) in [4.78, 5) is 0. The minimum atomic E-state index is -4.73. The molecule has 0 radical (unpaired) electrons. The lowest BCUT2D eigenvalue weighted by Crippen LogP contribution is -2.09. The summed E-state index contributed by atoms with van der Waals surface area (Å²) in [6.45, 7) is 1.79. The summed E-state index contributed by atoms with van der Waals surface area (Å²) in [5, 5.41) is 9.81. The molecule has 2 aromatic rings. The Balaban J connectivity index is 2.16. The smallest absolute Gasteiger partial charge is 0.379 e. The Morgan fingerprint density at radius 3 is 2.58 bits per heavy atom. The normalized spacial score (nSPS) is 11.6. The van der Waals surface area contributed by atoms with Gasteiger partial charge in [-0.2, -0.15) is 13.2 Å². The fourth-order valence-electron chi connectivity index (χ4n) is 1.45. The molecule has 0 amide bonds. The lowest BCUT2D eigenvalue weighted by atomic mass is 10.1. The third kappa shape index (κ3) is 3.01. The number of hydrogen-bond acceptors (Lipinski definition) is 4. The van der Waals surface area contributed by atoms with Gasteiger partial charge < -0.3 is 5.32 Å². The zero-order valence-corrected chi connectivity index (χ0v) is 9.75. The quantitative estimate of drug-likeness (QED) is 0.874. The first-order valence-corrected chi connectivity index (χ1v) is 5.26. The molecule has 1 aromatic carbocycles. The van der Waals surface area contributed by atoms with E-state index in [0.717, 1.165) is 6.07 Å². The van der Waals surface area contributed by atoms with Crippen molar-refractivity contribution >= 4 is 5.69 Å². The summed E-state index contributed by atoms with van der Waals surface area (Å²) in [5.41, 5.74) is -0.174. The summed E-state index contributed by atoms with van der Waals surface area (Å²) in [7, 11) is 0. The summed E-state index contributed by atoms with van der Waals surface area (Å²) in [6, 6.07) is 2.69. The topological polar surface area (TPSA) is 51.0 Å². The summed E-state index contributed by atoms with van der Waals surface area (Å²) in [6.07, 6.45) is -4.73. The van der Waals surface area contributed by atoms with Crippen LogP contribution in [0.3, 0.4) is 0 Å². The van der Waals surface area contributed by atoms with E-state index in [4.69, 9.17) is 0 Å². The molecule has 0 aliphatic rings. The van der Waals surface area contributed by atoms with Crippen molar-refractivity contribution < 1.29 is 22.2 Å². The minimum Gasteiger partial charge on any atom is -0.379 e. The second kappa shape index (κ2) is 4.87. The molecule has 0 bridgehead atoms. The fourth-order valence-corrected chi connectivity index (χ4v) is 1.45. The van der Waals surface area contributed by atoms with Gasteiger partial charge in [0.25, 0.3) is 0 Å². The van der Waals surface area contributed by atoms with E-state index >= 15 is 0 Å². The van der Waals surface area contributed by atoms with E-state index in [0.29, 0.717) is 17.5 Å². The maximum atomic E-state index is 13.1. The number of hydrogen-bond donors (Lipinski definition) is 1. The average molecular weight is 275 g/mol. The van der Waals surface area contributed by atoms with Crippen LogP contribution in [-0.4, -0.2) is 10.3 Å². The molecule has 0 spiro atoms. The van der Waals surface area contributed by atoms with Gasteiger partial charge in [-0.3, -0.25) is 0 Å². The maximum absolute atomic E-state index is 13.1. The van der Waals surface area contributed by atoms with Crippen LogP contribution in [0.15, 0.2) is 22.8 Å². The Labute approximate surface area is 105 Å². The van der Waals surface area contributed by atoms with Gasteiger partial charge in [0.15, 0.2) is 0 Å². The standard InChI is InChI=1S/C11H9F4N3O/c1-6-10(18-19-17-6)5-16-7-2-3-9(12)8(4-7)11(13,14)15/h2-4,16H,5H2,1H3. The molecular weight excluding hydrogens is 266 g/mol. The molecule has 1 N–H and O–H groups in total. The Bertz CT molecular complexity index is 580. The van der Waals surface area contributed by atoms with Crippen LogP contribution in [0.25, 0.3) is 0 Å². The van der Waals surface area contributed by atoms with E-state index in [-0.39, 0.29) is 12.2 Å². The maximum Gasteiger partial charge on any atom is 0.419 e. The predicted octanol–water partition coefficient (Wildman–Crippen LogP) is 3.15. The Hall–Kier alpha value is -2.12. The van der Waals surface area contributed by atoms with Crippen LogP contribution in [0.4, 0.5) is 23.2 Å². The molecule has 0 fully saturated rings. The van der Waals surface area contributed by atoms with Crippen molar-refractivity contribution in [3.8, 4) is 0 Å². The number of anilines is 1. The molecule has 2 rings (SSSR count). The number of nitrogens with one attached hydrogen (secondary N) is 1. The van der Waals surface area contributed by atoms with Crippen LogP contribution < -0.4 is 5.32 Å². The molecule has 19 heavy (non-hydrogen) atoms. The number of alkyl halides is 3. The molecular formula is C11H9F4N3O. The molecule has 0 atom stereocenters. The summed E-state index contributed by atoms with van der Waals surface area (Å²) in [5.74, 6) is -1.31. The minimum absolute atomic E-state index is 0.135. The molecule has 1 heterocycles. The van der Waals surface area contributed by atoms with Crippen molar-refractivity contribution in [1.82, 2.24) is 10.3 Å². The van der Waals surface area contributed by atoms with E-state index in [9.17, 15) is 17.6 Å². The Morgan fingerprint density at radius 2 is 2.00 bits per heavy atom. The fraction of sp³-hybridized carbons (Fsp3) is 0.273. The van der Waals surface area contributed by atoms with Crippen LogP contribution in [0, 0.1) is 12.7 Å². The van der Waals surface area contributed by atoms with Crippen molar-refractivity contribution in [1.29, 1.82) is 0 Å². The van der Waals surface area contributed by atoms with Gasteiger partial charge in [-0.15, -0.1) is 0 Å². The van der Waals surface area contributed by atoms with Gasteiger partial charge in [0.05, 0.1) is 12.1 Å². The van der Waals surface area contributed by atoms with Gasteiger partial charge in [-0.05, 0) is 25.1 Å². The van der Waals surface area contributed by atoms with Crippen molar-refractivity contribution in [2.24, 2.45) is 0 Å². The molecule has 1 aromatic heterocycles. The number of rotatable bonds is 3. The van der Waals surface area contributed by atoms with Gasteiger partial charge in [0.1, 0.15) is 17.2 Å². The third-order valence-corrected chi connectivity index (χ3v) is 2.48. The van der Waals surface area contributed by atoms with E-state index in [1.54, 1.807) is 6.92 Å². The van der Waals surface area contributed by atoms with Crippen molar-refractivity contribution in [2.45, 2.75) is 19.6 Å². The van der Waals surface area contributed by atoms with Crippen molar-refractivity contribution in [3.63, 3.8) is 0 Å². The number of aromatic nitrogens is 2. The zero-order chi connectivity index (χ0) is 14.0. The molecule has 4 nitrogen and oxygen atoms in total. The number of aryl methyl sites for hydroxylation is 1. The molecule has 102 valence electrons. The molecule has 8 heteroatoms. The van der Waals surface area contributed by atoms with Gasteiger partial charge in [0.2, 0.25) is 0 Å². The van der Waals surface area contributed by atoms with Crippen LogP contribution in [0.2, 0.25) is 0 Å². The largest absolute Gasteiger partial charge is 0.419 e. The first-order chi connectivity index (χ1) is 8.88. The summed E-state index contributed by atoms with van der Waals surface area (Å²) >= 11 is 0. The molecule has 0 aliphatic carbocycles. The molecule has 0 saturated heterocycles. The number of benzene rings is 1.